The third-order valence-electron chi connectivity index (χ3n) is 4.87. The topological polar surface area (TPSA) is 114 Å². The second-order valence-electron chi connectivity index (χ2n) is 7.07. The number of rotatable bonds is 9. The quantitative estimate of drug-likeness (QED) is 0.555. The van der Waals surface area contributed by atoms with Gasteiger partial charge in [-0.25, -0.2) is 0 Å². The van der Waals surface area contributed by atoms with Crippen molar-refractivity contribution < 1.29 is 19.5 Å². The average molecular weight is 417 g/mol. The fourth-order valence-corrected chi connectivity index (χ4v) is 3.28. The zero-order valence-electron chi connectivity index (χ0n) is 16.8. The summed E-state index contributed by atoms with van der Waals surface area (Å²) < 4.78 is 0. The van der Waals surface area contributed by atoms with E-state index in [1.165, 1.54) is 11.1 Å². The number of primary amides is 1. The van der Waals surface area contributed by atoms with Crippen molar-refractivity contribution in [1.29, 1.82) is 0 Å². The van der Waals surface area contributed by atoms with Crippen LogP contribution in [0.1, 0.15) is 28.8 Å². The molecule has 1 atom stereocenters. The second-order valence-corrected chi connectivity index (χ2v) is 7.07. The molecule has 1 aromatic heterocycles. The summed E-state index contributed by atoms with van der Waals surface area (Å²) in [6, 6.07) is 21.0. The second kappa shape index (κ2) is 10.2. The highest BCUT2D eigenvalue weighted by atomic mass is 16.4. The number of nitrogens with zero attached hydrogens (tertiary/aromatic N) is 2. The van der Waals surface area contributed by atoms with Gasteiger partial charge < -0.3 is 15.7 Å². The Morgan fingerprint density at radius 2 is 1.58 bits per heavy atom. The highest BCUT2D eigenvalue weighted by Crippen LogP contribution is 2.20. The Hall–Kier alpha value is -4.00. The van der Waals surface area contributed by atoms with Crippen molar-refractivity contribution in [2.75, 3.05) is 0 Å². The molecular weight excluding hydrogens is 394 g/mol. The monoisotopic (exact) mass is 417 g/mol. The van der Waals surface area contributed by atoms with Crippen LogP contribution in [0, 0.1) is 0 Å². The molecule has 2 amide bonds. The molecule has 0 saturated heterocycles. The van der Waals surface area contributed by atoms with Gasteiger partial charge in [-0.2, -0.15) is 0 Å². The van der Waals surface area contributed by atoms with Gasteiger partial charge in [-0.05, 0) is 24.1 Å². The van der Waals surface area contributed by atoms with E-state index < -0.39 is 23.8 Å². The molecule has 0 saturated carbocycles. The van der Waals surface area contributed by atoms with Crippen LogP contribution < -0.4 is 5.73 Å². The molecule has 0 aliphatic heterocycles. The first-order valence-electron chi connectivity index (χ1n) is 9.83. The van der Waals surface area contributed by atoms with Crippen LogP contribution in [0.4, 0.5) is 0 Å². The smallest absolute Gasteiger partial charge is 0.303 e. The minimum absolute atomic E-state index is 0.0707. The lowest BCUT2D eigenvalue weighted by atomic mass is 10.0. The van der Waals surface area contributed by atoms with E-state index in [0.717, 1.165) is 11.1 Å². The van der Waals surface area contributed by atoms with E-state index in [4.69, 9.17) is 10.8 Å². The lowest BCUT2D eigenvalue weighted by Crippen LogP contribution is -2.47. The molecule has 7 heteroatoms. The van der Waals surface area contributed by atoms with Crippen LogP contribution in [-0.2, 0) is 16.1 Å². The van der Waals surface area contributed by atoms with Crippen LogP contribution in [0.3, 0.4) is 0 Å². The summed E-state index contributed by atoms with van der Waals surface area (Å²) in [6.45, 7) is 0.118. The van der Waals surface area contributed by atoms with Gasteiger partial charge in [0, 0.05) is 24.7 Å². The molecule has 3 aromatic rings. The van der Waals surface area contributed by atoms with Crippen molar-refractivity contribution in [1.82, 2.24) is 9.88 Å². The zero-order valence-corrected chi connectivity index (χ0v) is 16.8. The predicted octanol–water partition coefficient (Wildman–Crippen LogP) is 3.11. The molecule has 0 spiro atoms. The molecule has 3 N–H and O–H groups in total. The molecule has 7 nitrogen and oxygen atoms in total. The number of hydrogen-bond donors (Lipinski definition) is 2. The van der Waals surface area contributed by atoms with E-state index in [1.807, 2.05) is 60.7 Å². The summed E-state index contributed by atoms with van der Waals surface area (Å²) in [7, 11) is 0. The van der Waals surface area contributed by atoms with Gasteiger partial charge in [-0.3, -0.25) is 19.4 Å². The standard InChI is InChI=1S/C24H23N3O4/c25-23(30)21(13-14-22(28)29)27(16-17-7-3-1-4-8-17)24(31)19-11-12-20(26-15-19)18-9-5-2-6-10-18/h1-12,15,21H,13-14,16H2,(H2,25,30)(H,28,29)/t21-/m0/s1. The van der Waals surface area contributed by atoms with Crippen LogP contribution in [0.15, 0.2) is 79.0 Å². The summed E-state index contributed by atoms with van der Waals surface area (Å²) in [5.41, 5.74) is 8.27. The van der Waals surface area contributed by atoms with Gasteiger partial charge in [0.25, 0.3) is 5.91 Å². The molecule has 0 aliphatic rings. The van der Waals surface area contributed by atoms with Gasteiger partial charge in [0.1, 0.15) is 6.04 Å². The van der Waals surface area contributed by atoms with Gasteiger partial charge in [-0.1, -0.05) is 60.7 Å². The SMILES string of the molecule is NC(=O)[C@H](CCC(=O)O)N(Cc1ccccc1)C(=O)c1ccc(-c2ccccc2)nc1. The Kier molecular flexibility index (Phi) is 7.11. The number of aromatic nitrogens is 1. The Morgan fingerprint density at radius 3 is 2.13 bits per heavy atom. The predicted molar refractivity (Wildman–Crippen MR) is 116 cm³/mol. The van der Waals surface area contributed by atoms with Crippen molar-refractivity contribution in [3.63, 3.8) is 0 Å². The minimum Gasteiger partial charge on any atom is -0.481 e. The molecule has 0 radical (unpaired) electrons. The number of carbonyl (C=O) groups is 3. The average Bonchev–Trinajstić information content (AvgIpc) is 2.79. The Bertz CT molecular complexity index is 1040. The first-order chi connectivity index (χ1) is 15.0. The van der Waals surface area contributed by atoms with E-state index in [-0.39, 0.29) is 24.9 Å². The Balaban J connectivity index is 1.90. The van der Waals surface area contributed by atoms with Gasteiger partial charge >= 0.3 is 5.97 Å². The lowest BCUT2D eigenvalue weighted by Gasteiger charge is -2.30. The number of aliphatic carboxylic acids is 1. The minimum atomic E-state index is -1.06. The number of carboxylic acid groups (broad SMARTS) is 1. The van der Waals surface area contributed by atoms with E-state index in [9.17, 15) is 14.4 Å². The highest BCUT2D eigenvalue weighted by Gasteiger charge is 2.30. The normalized spacial score (nSPS) is 11.5. The van der Waals surface area contributed by atoms with Gasteiger partial charge in [0.05, 0.1) is 11.3 Å². The van der Waals surface area contributed by atoms with Crippen LogP contribution in [0.25, 0.3) is 11.3 Å². The summed E-state index contributed by atoms with van der Waals surface area (Å²) in [5, 5.41) is 9.04. The number of pyridine rings is 1. The molecule has 2 aromatic carbocycles. The van der Waals surface area contributed by atoms with E-state index in [1.54, 1.807) is 12.1 Å². The van der Waals surface area contributed by atoms with Gasteiger partial charge in [-0.15, -0.1) is 0 Å². The zero-order chi connectivity index (χ0) is 22.2. The molecule has 1 heterocycles. The Morgan fingerprint density at radius 1 is 0.935 bits per heavy atom. The van der Waals surface area contributed by atoms with Crippen molar-refractivity contribution in [3.05, 3.63) is 90.1 Å². The molecule has 31 heavy (non-hydrogen) atoms. The molecule has 3 rings (SSSR count). The summed E-state index contributed by atoms with van der Waals surface area (Å²) >= 11 is 0. The maximum atomic E-state index is 13.3. The fraction of sp³-hybridized carbons (Fsp3) is 0.167. The molecule has 0 aliphatic carbocycles. The van der Waals surface area contributed by atoms with Crippen LogP contribution in [-0.4, -0.2) is 38.8 Å². The van der Waals surface area contributed by atoms with Crippen LogP contribution in [0.5, 0.6) is 0 Å². The number of benzene rings is 2. The van der Waals surface area contributed by atoms with Crippen LogP contribution >= 0.6 is 0 Å². The maximum absolute atomic E-state index is 13.3. The molecule has 0 bridgehead atoms. The number of hydrogen-bond acceptors (Lipinski definition) is 4. The molecule has 0 fully saturated rings. The number of carbonyl (C=O) groups excluding carboxylic acids is 2. The third-order valence-corrected chi connectivity index (χ3v) is 4.87. The van der Waals surface area contributed by atoms with E-state index in [2.05, 4.69) is 4.98 Å². The summed E-state index contributed by atoms with van der Waals surface area (Å²) in [5.74, 6) is -2.25. The van der Waals surface area contributed by atoms with Crippen molar-refractivity contribution in [2.45, 2.75) is 25.4 Å². The number of nitrogens with two attached hydrogens (primary N) is 1. The van der Waals surface area contributed by atoms with Gasteiger partial charge in [0.15, 0.2) is 0 Å². The summed E-state index contributed by atoms with van der Waals surface area (Å²) in [6.07, 6.45) is 1.11. The van der Waals surface area contributed by atoms with E-state index in [0.29, 0.717) is 5.69 Å². The highest BCUT2D eigenvalue weighted by molar-refractivity contribution is 5.97. The molecular formula is C24H23N3O4. The van der Waals surface area contributed by atoms with Gasteiger partial charge in [0.2, 0.25) is 5.91 Å². The third kappa shape index (κ3) is 5.76. The van der Waals surface area contributed by atoms with Crippen molar-refractivity contribution in [2.24, 2.45) is 5.73 Å². The van der Waals surface area contributed by atoms with Crippen LogP contribution in [0.2, 0.25) is 0 Å². The fourth-order valence-electron chi connectivity index (χ4n) is 3.28. The lowest BCUT2D eigenvalue weighted by molar-refractivity contribution is -0.137. The van der Waals surface area contributed by atoms with E-state index >= 15 is 0 Å². The first-order valence-corrected chi connectivity index (χ1v) is 9.83. The molecule has 0 unspecified atom stereocenters. The number of amides is 2. The Labute approximate surface area is 180 Å². The van der Waals surface area contributed by atoms with Crippen molar-refractivity contribution in [3.8, 4) is 11.3 Å². The number of carboxylic acids is 1. The van der Waals surface area contributed by atoms with Crippen molar-refractivity contribution >= 4 is 17.8 Å². The first kappa shape index (κ1) is 21.7. The molecule has 158 valence electrons. The summed E-state index contributed by atoms with van der Waals surface area (Å²) in [4.78, 5) is 42.2. The largest absolute Gasteiger partial charge is 0.481 e. The maximum Gasteiger partial charge on any atom is 0.303 e.